The summed E-state index contributed by atoms with van der Waals surface area (Å²) in [5, 5.41) is 2.67. The average Bonchev–Trinajstić information content (AvgIpc) is 3.03. The number of aromatic nitrogens is 1. The molecule has 4 nitrogen and oxygen atoms in total. The van der Waals surface area contributed by atoms with Gasteiger partial charge in [-0.25, -0.2) is 0 Å². The van der Waals surface area contributed by atoms with Gasteiger partial charge in [0.15, 0.2) is 5.58 Å². The molecule has 0 saturated carbocycles. The van der Waals surface area contributed by atoms with Crippen LogP contribution < -0.4 is 5.32 Å². The number of fused-ring (bicyclic) bond motifs is 1. The third kappa shape index (κ3) is 1.99. The Balaban J connectivity index is 2.11. The van der Waals surface area contributed by atoms with E-state index in [0.717, 1.165) is 11.1 Å². The van der Waals surface area contributed by atoms with Crippen LogP contribution in [-0.2, 0) is 6.54 Å². The number of carbonyl (C=O) groups excluding carboxylic acids is 1. The second-order valence-corrected chi connectivity index (χ2v) is 4.79. The van der Waals surface area contributed by atoms with Crippen LogP contribution in [0.1, 0.15) is 21.6 Å². The smallest absolute Gasteiger partial charge is 0.267 e. The summed E-state index contributed by atoms with van der Waals surface area (Å²) >= 11 is 0. The van der Waals surface area contributed by atoms with Gasteiger partial charge in [-0.05, 0) is 18.1 Å². The van der Waals surface area contributed by atoms with Gasteiger partial charge in [0.1, 0.15) is 5.69 Å². The SMILES string of the molecule is CNC(=O)c1cc2occc2n1Cc1ccccc1C. The highest BCUT2D eigenvalue weighted by atomic mass is 16.3. The predicted octanol–water partition coefficient (Wildman–Crippen LogP) is 2.95. The lowest BCUT2D eigenvalue weighted by Crippen LogP contribution is -2.22. The molecule has 0 aliphatic heterocycles. The van der Waals surface area contributed by atoms with Crippen molar-refractivity contribution in [2.45, 2.75) is 13.5 Å². The minimum atomic E-state index is -0.106. The second-order valence-electron chi connectivity index (χ2n) is 4.79. The van der Waals surface area contributed by atoms with Gasteiger partial charge in [0.2, 0.25) is 0 Å². The number of furan rings is 1. The van der Waals surface area contributed by atoms with E-state index in [0.29, 0.717) is 12.2 Å². The van der Waals surface area contributed by atoms with Crippen molar-refractivity contribution in [2.24, 2.45) is 0 Å². The highest BCUT2D eigenvalue weighted by Gasteiger charge is 2.16. The van der Waals surface area contributed by atoms with E-state index >= 15 is 0 Å². The molecule has 0 aliphatic carbocycles. The zero-order valence-electron chi connectivity index (χ0n) is 11.5. The number of nitrogens with one attached hydrogen (secondary N) is 1. The van der Waals surface area contributed by atoms with Crippen LogP contribution in [0, 0.1) is 6.92 Å². The quantitative estimate of drug-likeness (QED) is 0.794. The summed E-state index contributed by atoms with van der Waals surface area (Å²) in [6.45, 7) is 2.73. The maximum absolute atomic E-state index is 12.0. The Morgan fingerprint density at radius 2 is 2.10 bits per heavy atom. The highest BCUT2D eigenvalue weighted by molar-refractivity contribution is 5.97. The molecule has 3 rings (SSSR count). The Kier molecular flexibility index (Phi) is 3.06. The molecule has 3 aromatic rings. The molecule has 0 radical (unpaired) electrons. The molecule has 0 unspecified atom stereocenters. The number of hydrogen-bond acceptors (Lipinski definition) is 2. The van der Waals surface area contributed by atoms with Crippen LogP contribution in [0.4, 0.5) is 0 Å². The zero-order valence-corrected chi connectivity index (χ0v) is 11.5. The highest BCUT2D eigenvalue weighted by Crippen LogP contribution is 2.23. The number of nitrogens with zero attached hydrogens (tertiary/aromatic N) is 1. The molecular formula is C16H16N2O2. The summed E-state index contributed by atoms with van der Waals surface area (Å²) in [5.41, 5.74) is 4.69. The Morgan fingerprint density at radius 3 is 2.85 bits per heavy atom. The summed E-state index contributed by atoms with van der Waals surface area (Å²) in [6, 6.07) is 11.9. The lowest BCUT2D eigenvalue weighted by atomic mass is 10.1. The number of rotatable bonds is 3. The van der Waals surface area contributed by atoms with Crippen LogP contribution in [0.3, 0.4) is 0 Å². The van der Waals surface area contributed by atoms with Gasteiger partial charge in [-0.3, -0.25) is 4.79 Å². The van der Waals surface area contributed by atoms with Gasteiger partial charge in [0.25, 0.3) is 5.91 Å². The van der Waals surface area contributed by atoms with Gasteiger partial charge < -0.3 is 14.3 Å². The Morgan fingerprint density at radius 1 is 1.30 bits per heavy atom. The van der Waals surface area contributed by atoms with Crippen molar-refractivity contribution in [1.29, 1.82) is 0 Å². The summed E-state index contributed by atoms with van der Waals surface area (Å²) in [7, 11) is 1.63. The van der Waals surface area contributed by atoms with Crippen molar-refractivity contribution in [2.75, 3.05) is 7.05 Å². The average molecular weight is 268 g/mol. The van der Waals surface area contributed by atoms with Crippen molar-refractivity contribution < 1.29 is 9.21 Å². The number of amides is 1. The normalized spacial score (nSPS) is 10.9. The fourth-order valence-electron chi connectivity index (χ4n) is 2.42. The monoisotopic (exact) mass is 268 g/mol. The van der Waals surface area contributed by atoms with E-state index in [1.807, 2.05) is 22.8 Å². The Labute approximate surface area is 117 Å². The first-order valence-electron chi connectivity index (χ1n) is 6.54. The number of hydrogen-bond donors (Lipinski definition) is 1. The third-order valence-electron chi connectivity index (χ3n) is 3.57. The minimum Gasteiger partial charge on any atom is -0.463 e. The molecule has 0 bridgehead atoms. The van der Waals surface area contributed by atoms with Gasteiger partial charge in [-0.15, -0.1) is 0 Å². The number of aryl methyl sites for hydroxylation is 1. The third-order valence-corrected chi connectivity index (χ3v) is 3.57. The summed E-state index contributed by atoms with van der Waals surface area (Å²) < 4.78 is 7.39. The minimum absolute atomic E-state index is 0.106. The zero-order chi connectivity index (χ0) is 14.1. The molecule has 0 atom stereocenters. The first-order chi connectivity index (χ1) is 9.70. The van der Waals surface area contributed by atoms with E-state index in [2.05, 4.69) is 24.4 Å². The van der Waals surface area contributed by atoms with Crippen LogP contribution in [0.2, 0.25) is 0 Å². The van der Waals surface area contributed by atoms with E-state index in [9.17, 15) is 4.79 Å². The molecule has 0 fully saturated rings. The van der Waals surface area contributed by atoms with Gasteiger partial charge in [-0.1, -0.05) is 24.3 Å². The number of benzene rings is 1. The lowest BCUT2D eigenvalue weighted by molar-refractivity contribution is 0.0954. The molecule has 0 aliphatic rings. The molecule has 1 amide bonds. The Bertz CT molecular complexity index is 768. The van der Waals surface area contributed by atoms with E-state index in [4.69, 9.17) is 4.42 Å². The van der Waals surface area contributed by atoms with Crippen molar-refractivity contribution in [3.05, 3.63) is 59.5 Å². The van der Waals surface area contributed by atoms with Crippen molar-refractivity contribution in [1.82, 2.24) is 9.88 Å². The fourth-order valence-corrected chi connectivity index (χ4v) is 2.42. The fraction of sp³-hybridized carbons (Fsp3) is 0.188. The molecule has 2 heterocycles. The van der Waals surface area contributed by atoms with E-state index in [1.54, 1.807) is 19.4 Å². The second kappa shape index (κ2) is 4.89. The maximum Gasteiger partial charge on any atom is 0.267 e. The lowest BCUT2D eigenvalue weighted by Gasteiger charge is -2.11. The first kappa shape index (κ1) is 12.5. The largest absolute Gasteiger partial charge is 0.463 e. The molecule has 0 saturated heterocycles. The van der Waals surface area contributed by atoms with Gasteiger partial charge in [-0.2, -0.15) is 0 Å². The van der Waals surface area contributed by atoms with Crippen LogP contribution in [0.5, 0.6) is 0 Å². The van der Waals surface area contributed by atoms with E-state index in [-0.39, 0.29) is 5.91 Å². The standard InChI is InChI=1S/C16H16N2O2/c1-11-5-3-4-6-12(11)10-18-13-7-8-20-15(13)9-14(18)16(19)17-2/h3-9H,10H2,1-2H3,(H,17,19). The molecule has 2 aromatic heterocycles. The molecule has 1 N–H and O–H groups in total. The van der Waals surface area contributed by atoms with E-state index < -0.39 is 0 Å². The summed E-state index contributed by atoms with van der Waals surface area (Å²) in [6.07, 6.45) is 1.65. The number of carbonyl (C=O) groups is 1. The maximum atomic E-state index is 12.0. The van der Waals surface area contributed by atoms with Crippen LogP contribution in [0.15, 0.2) is 47.1 Å². The molecular weight excluding hydrogens is 252 g/mol. The van der Waals surface area contributed by atoms with Crippen molar-refractivity contribution >= 4 is 17.0 Å². The van der Waals surface area contributed by atoms with E-state index in [1.165, 1.54) is 11.1 Å². The summed E-state index contributed by atoms with van der Waals surface area (Å²) in [5.74, 6) is -0.106. The van der Waals surface area contributed by atoms with Crippen LogP contribution in [-0.4, -0.2) is 17.5 Å². The summed E-state index contributed by atoms with van der Waals surface area (Å²) in [4.78, 5) is 12.0. The topological polar surface area (TPSA) is 47.2 Å². The van der Waals surface area contributed by atoms with Gasteiger partial charge in [0, 0.05) is 25.7 Å². The first-order valence-corrected chi connectivity index (χ1v) is 6.54. The van der Waals surface area contributed by atoms with Crippen LogP contribution in [0.25, 0.3) is 11.1 Å². The molecule has 102 valence electrons. The van der Waals surface area contributed by atoms with Crippen LogP contribution >= 0.6 is 0 Å². The Hall–Kier alpha value is -2.49. The molecule has 4 heteroatoms. The molecule has 1 aromatic carbocycles. The predicted molar refractivity (Wildman–Crippen MR) is 77.9 cm³/mol. The van der Waals surface area contributed by atoms with Gasteiger partial charge >= 0.3 is 0 Å². The van der Waals surface area contributed by atoms with Crippen molar-refractivity contribution in [3.8, 4) is 0 Å². The van der Waals surface area contributed by atoms with Gasteiger partial charge in [0.05, 0.1) is 11.8 Å². The molecule has 20 heavy (non-hydrogen) atoms. The van der Waals surface area contributed by atoms with Crippen molar-refractivity contribution in [3.63, 3.8) is 0 Å². The molecule has 0 spiro atoms.